The van der Waals surface area contributed by atoms with Crippen molar-refractivity contribution in [3.8, 4) is 5.75 Å². The van der Waals surface area contributed by atoms with Gasteiger partial charge in [0.1, 0.15) is 0 Å². The Labute approximate surface area is 101 Å². The summed E-state index contributed by atoms with van der Waals surface area (Å²) in [6, 6.07) is 5.06. The summed E-state index contributed by atoms with van der Waals surface area (Å²) < 4.78 is 18.4. The third-order valence-corrected chi connectivity index (χ3v) is 3.15. The van der Waals surface area contributed by atoms with E-state index in [-0.39, 0.29) is 17.1 Å². The van der Waals surface area contributed by atoms with Crippen molar-refractivity contribution in [1.29, 1.82) is 0 Å². The molecule has 94 valence electrons. The molecule has 4 heteroatoms. The van der Waals surface area contributed by atoms with Crippen LogP contribution in [0.25, 0.3) is 0 Å². The van der Waals surface area contributed by atoms with Gasteiger partial charge in [0.05, 0.1) is 7.11 Å². The first-order chi connectivity index (χ1) is 8.02. The van der Waals surface area contributed by atoms with Gasteiger partial charge >= 0.3 is 0 Å². The van der Waals surface area contributed by atoms with Crippen LogP contribution < -0.4 is 10.5 Å². The SMILES string of the molecule is COc1ccc(CN(C)CC2(N)CC2)cc1F. The summed E-state index contributed by atoms with van der Waals surface area (Å²) in [5.74, 6) is -0.0267. The molecular weight excluding hydrogens is 219 g/mol. The minimum absolute atomic E-state index is 0.000233. The van der Waals surface area contributed by atoms with E-state index in [1.165, 1.54) is 13.2 Å². The van der Waals surface area contributed by atoms with Gasteiger partial charge in [-0.15, -0.1) is 0 Å². The lowest BCUT2D eigenvalue weighted by atomic mass is 10.2. The van der Waals surface area contributed by atoms with Crippen LogP contribution in [0.1, 0.15) is 18.4 Å². The zero-order chi connectivity index (χ0) is 12.5. The molecule has 0 amide bonds. The van der Waals surface area contributed by atoms with Gasteiger partial charge in [-0.3, -0.25) is 0 Å². The summed E-state index contributed by atoms with van der Waals surface area (Å²) in [4.78, 5) is 2.13. The predicted octanol–water partition coefficient (Wildman–Crippen LogP) is 1.76. The number of hydrogen-bond donors (Lipinski definition) is 1. The molecule has 0 atom stereocenters. The Hall–Kier alpha value is -1.13. The summed E-state index contributed by atoms with van der Waals surface area (Å²) >= 11 is 0. The molecular formula is C13H19FN2O. The van der Waals surface area contributed by atoms with Crippen molar-refractivity contribution in [1.82, 2.24) is 4.90 Å². The maximum absolute atomic E-state index is 13.5. The number of rotatable bonds is 5. The monoisotopic (exact) mass is 238 g/mol. The van der Waals surface area contributed by atoms with E-state index in [1.807, 2.05) is 13.1 Å². The Bertz CT molecular complexity index is 404. The van der Waals surface area contributed by atoms with E-state index in [4.69, 9.17) is 10.5 Å². The zero-order valence-corrected chi connectivity index (χ0v) is 10.4. The number of methoxy groups -OCH3 is 1. The summed E-state index contributed by atoms with van der Waals surface area (Å²) in [5.41, 5.74) is 6.98. The number of nitrogens with zero attached hydrogens (tertiary/aromatic N) is 1. The molecule has 0 radical (unpaired) electrons. The van der Waals surface area contributed by atoms with Crippen LogP contribution in [0.5, 0.6) is 5.75 Å². The van der Waals surface area contributed by atoms with Gasteiger partial charge in [-0.05, 0) is 37.6 Å². The van der Waals surface area contributed by atoms with Crippen molar-refractivity contribution in [2.75, 3.05) is 20.7 Å². The minimum Gasteiger partial charge on any atom is -0.494 e. The molecule has 1 aliphatic carbocycles. The normalized spacial score (nSPS) is 17.2. The smallest absolute Gasteiger partial charge is 0.165 e. The lowest BCUT2D eigenvalue weighted by molar-refractivity contribution is 0.295. The van der Waals surface area contributed by atoms with Crippen molar-refractivity contribution in [3.63, 3.8) is 0 Å². The van der Waals surface area contributed by atoms with Crippen molar-refractivity contribution < 1.29 is 9.13 Å². The van der Waals surface area contributed by atoms with Gasteiger partial charge in [0.2, 0.25) is 0 Å². The van der Waals surface area contributed by atoms with Gasteiger partial charge < -0.3 is 15.4 Å². The fourth-order valence-corrected chi connectivity index (χ4v) is 2.03. The average Bonchev–Trinajstić information content (AvgIpc) is 2.95. The fourth-order valence-electron chi connectivity index (χ4n) is 2.03. The van der Waals surface area contributed by atoms with Crippen LogP contribution in [0.3, 0.4) is 0 Å². The molecule has 0 aromatic heterocycles. The van der Waals surface area contributed by atoms with Crippen LogP contribution in [-0.4, -0.2) is 31.1 Å². The van der Waals surface area contributed by atoms with Crippen LogP contribution in [0.2, 0.25) is 0 Å². The summed E-state index contributed by atoms with van der Waals surface area (Å²) in [6.45, 7) is 1.57. The van der Waals surface area contributed by atoms with E-state index < -0.39 is 0 Å². The molecule has 1 aromatic rings. The highest BCUT2D eigenvalue weighted by Gasteiger charge is 2.38. The summed E-state index contributed by atoms with van der Waals surface area (Å²) in [7, 11) is 3.48. The first kappa shape index (κ1) is 12.3. The topological polar surface area (TPSA) is 38.5 Å². The molecule has 0 bridgehead atoms. The molecule has 1 saturated carbocycles. The highest BCUT2D eigenvalue weighted by atomic mass is 19.1. The first-order valence-corrected chi connectivity index (χ1v) is 5.82. The third kappa shape index (κ3) is 3.17. The van der Waals surface area contributed by atoms with E-state index in [0.29, 0.717) is 6.54 Å². The zero-order valence-electron chi connectivity index (χ0n) is 10.4. The molecule has 3 nitrogen and oxygen atoms in total. The summed E-state index contributed by atoms with van der Waals surface area (Å²) in [6.07, 6.45) is 2.18. The van der Waals surface area contributed by atoms with Crippen LogP contribution >= 0.6 is 0 Å². The molecule has 1 aliphatic rings. The van der Waals surface area contributed by atoms with Crippen LogP contribution in [0.4, 0.5) is 4.39 Å². The van der Waals surface area contributed by atoms with Gasteiger partial charge in [0.25, 0.3) is 0 Å². The van der Waals surface area contributed by atoms with E-state index in [9.17, 15) is 4.39 Å². The Morgan fingerprint density at radius 3 is 2.71 bits per heavy atom. The molecule has 0 saturated heterocycles. The largest absolute Gasteiger partial charge is 0.494 e. The van der Waals surface area contributed by atoms with E-state index in [0.717, 1.165) is 24.9 Å². The maximum Gasteiger partial charge on any atom is 0.165 e. The molecule has 2 N–H and O–H groups in total. The Morgan fingerprint density at radius 1 is 1.47 bits per heavy atom. The Morgan fingerprint density at radius 2 is 2.18 bits per heavy atom. The number of halogens is 1. The van der Waals surface area contributed by atoms with Crippen LogP contribution in [0.15, 0.2) is 18.2 Å². The molecule has 0 heterocycles. The second kappa shape index (κ2) is 4.63. The average molecular weight is 238 g/mol. The third-order valence-electron chi connectivity index (χ3n) is 3.15. The lowest BCUT2D eigenvalue weighted by Crippen LogP contribution is -2.36. The van der Waals surface area contributed by atoms with E-state index in [2.05, 4.69) is 4.90 Å². The number of nitrogens with two attached hydrogens (primary N) is 1. The molecule has 0 aliphatic heterocycles. The molecule has 1 aromatic carbocycles. The van der Waals surface area contributed by atoms with E-state index >= 15 is 0 Å². The van der Waals surface area contributed by atoms with Crippen molar-refractivity contribution in [2.45, 2.75) is 24.9 Å². The van der Waals surface area contributed by atoms with Gasteiger partial charge in [0.15, 0.2) is 11.6 Å². The maximum atomic E-state index is 13.5. The predicted molar refractivity (Wildman–Crippen MR) is 65.4 cm³/mol. The van der Waals surface area contributed by atoms with Crippen molar-refractivity contribution in [2.24, 2.45) is 5.73 Å². The molecule has 0 spiro atoms. The molecule has 1 fully saturated rings. The second-order valence-corrected chi connectivity index (χ2v) is 5.00. The first-order valence-electron chi connectivity index (χ1n) is 5.82. The number of likely N-dealkylation sites (N-methyl/N-ethyl adjacent to an activating group) is 1. The molecule has 17 heavy (non-hydrogen) atoms. The van der Waals surface area contributed by atoms with Crippen LogP contribution in [-0.2, 0) is 6.54 Å². The highest BCUT2D eigenvalue weighted by molar-refractivity contribution is 5.29. The fraction of sp³-hybridized carbons (Fsp3) is 0.538. The van der Waals surface area contributed by atoms with E-state index in [1.54, 1.807) is 6.07 Å². The van der Waals surface area contributed by atoms with Gasteiger partial charge in [0, 0.05) is 18.6 Å². The highest BCUT2D eigenvalue weighted by Crippen LogP contribution is 2.32. The van der Waals surface area contributed by atoms with Crippen LogP contribution in [0, 0.1) is 5.82 Å². The molecule has 0 unspecified atom stereocenters. The Balaban J connectivity index is 1.96. The number of hydrogen-bond acceptors (Lipinski definition) is 3. The quantitative estimate of drug-likeness (QED) is 0.849. The van der Waals surface area contributed by atoms with Gasteiger partial charge in [-0.25, -0.2) is 4.39 Å². The summed E-state index contributed by atoms with van der Waals surface area (Å²) in [5, 5.41) is 0. The van der Waals surface area contributed by atoms with Crippen molar-refractivity contribution >= 4 is 0 Å². The van der Waals surface area contributed by atoms with Gasteiger partial charge in [-0.1, -0.05) is 6.07 Å². The molecule has 2 rings (SSSR count). The second-order valence-electron chi connectivity index (χ2n) is 5.00. The standard InChI is InChI=1S/C13H19FN2O/c1-16(9-13(15)5-6-13)8-10-3-4-12(17-2)11(14)7-10/h3-4,7H,5-6,8-9,15H2,1-2H3. The van der Waals surface area contributed by atoms with Crippen molar-refractivity contribution in [3.05, 3.63) is 29.6 Å². The number of benzene rings is 1. The van der Waals surface area contributed by atoms with Gasteiger partial charge in [-0.2, -0.15) is 0 Å². The number of ether oxygens (including phenoxy) is 1. The Kier molecular flexibility index (Phi) is 3.35. The lowest BCUT2D eigenvalue weighted by Gasteiger charge is -2.20. The minimum atomic E-state index is -0.313.